The Morgan fingerprint density at radius 3 is 2.33 bits per heavy atom. The Bertz CT molecular complexity index is 320. The summed E-state index contributed by atoms with van der Waals surface area (Å²) in [5, 5.41) is 3.63. The Morgan fingerprint density at radius 2 is 1.78 bits per heavy atom. The van der Waals surface area contributed by atoms with Crippen LogP contribution in [0.4, 0.5) is 4.39 Å². The minimum Gasteiger partial charge on any atom is -0.314 e. The molecule has 0 heterocycles. The zero-order valence-electron chi connectivity index (χ0n) is 11.9. The van der Waals surface area contributed by atoms with E-state index in [9.17, 15) is 4.39 Å². The maximum absolute atomic E-state index is 12.9. The molecule has 102 valence electrons. The molecular weight excluding hydrogens is 225 g/mol. The molecule has 0 aliphatic rings. The van der Waals surface area contributed by atoms with Gasteiger partial charge in [0.05, 0.1) is 0 Å². The first-order valence-electron chi connectivity index (χ1n) is 7.15. The molecule has 1 N–H and O–H groups in total. The monoisotopic (exact) mass is 251 g/mol. The van der Waals surface area contributed by atoms with E-state index in [0.717, 1.165) is 13.0 Å². The number of rotatable bonds is 8. The summed E-state index contributed by atoms with van der Waals surface area (Å²) >= 11 is 0. The first kappa shape index (κ1) is 15.2. The highest BCUT2D eigenvalue weighted by Crippen LogP contribution is 2.16. The van der Waals surface area contributed by atoms with Gasteiger partial charge in [0, 0.05) is 6.04 Å². The largest absolute Gasteiger partial charge is 0.314 e. The second-order valence-corrected chi connectivity index (χ2v) is 5.16. The zero-order valence-corrected chi connectivity index (χ0v) is 11.9. The molecule has 2 atom stereocenters. The van der Waals surface area contributed by atoms with Crippen LogP contribution in [-0.4, -0.2) is 12.6 Å². The number of hydrogen-bond acceptors (Lipinski definition) is 1. The van der Waals surface area contributed by atoms with Gasteiger partial charge in [-0.15, -0.1) is 0 Å². The lowest BCUT2D eigenvalue weighted by atomic mass is 9.91. The van der Waals surface area contributed by atoms with Gasteiger partial charge >= 0.3 is 0 Å². The molecule has 0 saturated carbocycles. The Labute approximate surface area is 111 Å². The molecular formula is C16H26FN. The SMILES string of the molecule is CCCNC(CCC)C(C)Cc1ccc(F)cc1. The van der Waals surface area contributed by atoms with Crippen LogP contribution in [0.3, 0.4) is 0 Å². The predicted octanol–water partition coefficient (Wildman–Crippen LogP) is 4.17. The third-order valence-corrected chi connectivity index (χ3v) is 3.41. The van der Waals surface area contributed by atoms with Gasteiger partial charge in [0.2, 0.25) is 0 Å². The highest BCUT2D eigenvalue weighted by Gasteiger charge is 2.15. The van der Waals surface area contributed by atoms with Gasteiger partial charge in [-0.25, -0.2) is 4.39 Å². The van der Waals surface area contributed by atoms with Gasteiger partial charge in [-0.3, -0.25) is 0 Å². The van der Waals surface area contributed by atoms with Crippen LogP contribution in [-0.2, 0) is 6.42 Å². The quantitative estimate of drug-likeness (QED) is 0.731. The van der Waals surface area contributed by atoms with Crippen LogP contribution >= 0.6 is 0 Å². The van der Waals surface area contributed by atoms with Crippen LogP contribution in [0.1, 0.15) is 45.6 Å². The normalized spacial score (nSPS) is 14.4. The van der Waals surface area contributed by atoms with E-state index in [0.29, 0.717) is 12.0 Å². The third-order valence-electron chi connectivity index (χ3n) is 3.41. The molecule has 0 aromatic heterocycles. The second-order valence-electron chi connectivity index (χ2n) is 5.16. The van der Waals surface area contributed by atoms with Gasteiger partial charge in [0.1, 0.15) is 5.82 Å². The topological polar surface area (TPSA) is 12.0 Å². The Balaban J connectivity index is 2.53. The number of benzene rings is 1. The average molecular weight is 251 g/mol. The van der Waals surface area contributed by atoms with Crippen molar-refractivity contribution in [2.75, 3.05) is 6.54 Å². The summed E-state index contributed by atoms with van der Waals surface area (Å²) in [6.45, 7) is 7.79. The standard InChI is InChI=1S/C16H26FN/c1-4-6-16(18-11-5-2)13(3)12-14-7-9-15(17)10-8-14/h7-10,13,16,18H,4-6,11-12H2,1-3H3. The summed E-state index contributed by atoms with van der Waals surface area (Å²) in [6.07, 6.45) is 4.60. The van der Waals surface area contributed by atoms with E-state index < -0.39 is 0 Å². The van der Waals surface area contributed by atoms with Crippen LogP contribution in [0.2, 0.25) is 0 Å². The molecule has 0 amide bonds. The number of halogens is 1. The van der Waals surface area contributed by atoms with Crippen LogP contribution in [0.5, 0.6) is 0 Å². The maximum atomic E-state index is 12.9. The van der Waals surface area contributed by atoms with E-state index >= 15 is 0 Å². The first-order valence-corrected chi connectivity index (χ1v) is 7.15. The van der Waals surface area contributed by atoms with Crippen molar-refractivity contribution in [2.45, 2.75) is 52.5 Å². The molecule has 0 aliphatic heterocycles. The van der Waals surface area contributed by atoms with Crippen LogP contribution in [0, 0.1) is 11.7 Å². The Hall–Kier alpha value is -0.890. The van der Waals surface area contributed by atoms with E-state index in [1.165, 1.54) is 24.8 Å². The van der Waals surface area contributed by atoms with Crippen molar-refractivity contribution in [1.29, 1.82) is 0 Å². The molecule has 0 fully saturated rings. The molecule has 0 saturated heterocycles. The first-order chi connectivity index (χ1) is 8.67. The third kappa shape index (κ3) is 5.18. The molecule has 1 rings (SSSR count). The fourth-order valence-corrected chi connectivity index (χ4v) is 2.36. The van der Waals surface area contributed by atoms with E-state index in [2.05, 4.69) is 26.1 Å². The van der Waals surface area contributed by atoms with Crippen LogP contribution in [0.25, 0.3) is 0 Å². The molecule has 1 aromatic carbocycles. The Morgan fingerprint density at radius 1 is 1.11 bits per heavy atom. The highest BCUT2D eigenvalue weighted by atomic mass is 19.1. The molecule has 0 aliphatic carbocycles. The number of nitrogens with one attached hydrogen (secondary N) is 1. The predicted molar refractivity (Wildman–Crippen MR) is 76.3 cm³/mol. The second kappa shape index (κ2) is 8.25. The number of hydrogen-bond donors (Lipinski definition) is 1. The lowest BCUT2D eigenvalue weighted by molar-refractivity contribution is 0.352. The maximum Gasteiger partial charge on any atom is 0.123 e. The van der Waals surface area contributed by atoms with Gasteiger partial charge < -0.3 is 5.32 Å². The van der Waals surface area contributed by atoms with E-state index in [-0.39, 0.29) is 5.82 Å². The molecule has 0 bridgehead atoms. The fourth-order valence-electron chi connectivity index (χ4n) is 2.36. The van der Waals surface area contributed by atoms with Gasteiger partial charge in [-0.1, -0.05) is 39.3 Å². The summed E-state index contributed by atoms with van der Waals surface area (Å²) in [5.74, 6) is 0.433. The fraction of sp³-hybridized carbons (Fsp3) is 0.625. The van der Waals surface area contributed by atoms with Crippen LogP contribution in [0.15, 0.2) is 24.3 Å². The average Bonchev–Trinajstić information content (AvgIpc) is 2.37. The van der Waals surface area contributed by atoms with Crippen molar-refractivity contribution in [3.05, 3.63) is 35.6 Å². The summed E-state index contributed by atoms with van der Waals surface area (Å²) in [6, 6.07) is 7.47. The highest BCUT2D eigenvalue weighted by molar-refractivity contribution is 5.16. The summed E-state index contributed by atoms with van der Waals surface area (Å²) < 4.78 is 12.9. The van der Waals surface area contributed by atoms with Crippen LogP contribution < -0.4 is 5.32 Å². The lowest BCUT2D eigenvalue weighted by Crippen LogP contribution is -2.36. The van der Waals surface area contributed by atoms with Crippen molar-refractivity contribution >= 4 is 0 Å². The molecule has 1 nitrogen and oxygen atoms in total. The van der Waals surface area contributed by atoms with Gasteiger partial charge in [-0.05, 0) is 49.4 Å². The van der Waals surface area contributed by atoms with Crippen molar-refractivity contribution in [2.24, 2.45) is 5.92 Å². The van der Waals surface area contributed by atoms with Crippen molar-refractivity contribution in [3.63, 3.8) is 0 Å². The smallest absolute Gasteiger partial charge is 0.123 e. The molecule has 2 heteroatoms. The molecule has 2 unspecified atom stereocenters. The molecule has 0 radical (unpaired) electrons. The minimum atomic E-state index is -0.152. The molecule has 0 spiro atoms. The lowest BCUT2D eigenvalue weighted by Gasteiger charge is -2.25. The molecule has 18 heavy (non-hydrogen) atoms. The Kier molecular flexibility index (Phi) is 6.96. The summed E-state index contributed by atoms with van der Waals surface area (Å²) in [4.78, 5) is 0. The van der Waals surface area contributed by atoms with E-state index in [4.69, 9.17) is 0 Å². The van der Waals surface area contributed by atoms with E-state index in [1.54, 1.807) is 12.1 Å². The van der Waals surface area contributed by atoms with Gasteiger partial charge in [-0.2, -0.15) is 0 Å². The van der Waals surface area contributed by atoms with Gasteiger partial charge in [0.15, 0.2) is 0 Å². The van der Waals surface area contributed by atoms with Crippen molar-refractivity contribution < 1.29 is 4.39 Å². The van der Waals surface area contributed by atoms with Crippen molar-refractivity contribution in [3.8, 4) is 0 Å². The van der Waals surface area contributed by atoms with E-state index in [1.807, 2.05) is 12.1 Å². The van der Waals surface area contributed by atoms with Gasteiger partial charge in [0.25, 0.3) is 0 Å². The molecule has 1 aromatic rings. The summed E-state index contributed by atoms with van der Waals surface area (Å²) in [7, 11) is 0. The zero-order chi connectivity index (χ0) is 13.4. The minimum absolute atomic E-state index is 0.152. The van der Waals surface area contributed by atoms with Crippen molar-refractivity contribution in [1.82, 2.24) is 5.32 Å². The summed E-state index contributed by atoms with van der Waals surface area (Å²) in [5.41, 5.74) is 1.23.